The van der Waals surface area contributed by atoms with Crippen LogP contribution in [0.15, 0.2) is 54.6 Å². The molecule has 1 saturated heterocycles. The number of carbonyl (C=O) groups excluding carboxylic acids is 2. The Morgan fingerprint density at radius 1 is 0.969 bits per heavy atom. The molecule has 1 fully saturated rings. The molecule has 8 nitrogen and oxygen atoms in total. The second-order valence-electron chi connectivity index (χ2n) is 7.39. The van der Waals surface area contributed by atoms with E-state index in [0.717, 1.165) is 44.0 Å². The van der Waals surface area contributed by atoms with E-state index in [4.69, 9.17) is 14.2 Å². The molecule has 4 rings (SSSR count). The van der Waals surface area contributed by atoms with Crippen LogP contribution in [0.4, 0.5) is 0 Å². The van der Waals surface area contributed by atoms with Crippen molar-refractivity contribution in [2.75, 3.05) is 40.5 Å². The average molecular weight is 435 g/mol. The van der Waals surface area contributed by atoms with Crippen LogP contribution < -0.4 is 0 Å². The predicted molar refractivity (Wildman–Crippen MR) is 118 cm³/mol. The number of hydrogen-bond acceptors (Lipinski definition) is 7. The van der Waals surface area contributed by atoms with Crippen molar-refractivity contribution in [3.05, 3.63) is 71.4 Å². The van der Waals surface area contributed by atoms with Crippen LogP contribution in [0.1, 0.15) is 26.4 Å². The quantitative estimate of drug-likeness (QED) is 0.551. The number of para-hydroxylation sites is 1. The summed E-state index contributed by atoms with van der Waals surface area (Å²) in [5.41, 5.74) is 2.90. The summed E-state index contributed by atoms with van der Waals surface area (Å²) in [6, 6.07) is 16.9. The molecule has 3 aromatic rings. The monoisotopic (exact) mass is 435 g/mol. The number of rotatable bonds is 6. The minimum Gasteiger partial charge on any atom is -0.465 e. The Kier molecular flexibility index (Phi) is 6.63. The predicted octanol–water partition coefficient (Wildman–Crippen LogP) is 2.94. The zero-order valence-electron chi connectivity index (χ0n) is 18.1. The van der Waals surface area contributed by atoms with E-state index in [2.05, 4.69) is 10.00 Å². The van der Waals surface area contributed by atoms with Crippen molar-refractivity contribution in [3.63, 3.8) is 0 Å². The molecule has 0 unspecified atom stereocenters. The first-order chi connectivity index (χ1) is 15.6. The molecule has 0 radical (unpaired) electrons. The summed E-state index contributed by atoms with van der Waals surface area (Å²) in [6.07, 6.45) is 0. The van der Waals surface area contributed by atoms with Gasteiger partial charge in [0.2, 0.25) is 0 Å². The highest BCUT2D eigenvalue weighted by Gasteiger charge is 2.31. The van der Waals surface area contributed by atoms with Crippen LogP contribution in [0.2, 0.25) is 0 Å². The Morgan fingerprint density at radius 3 is 2.38 bits per heavy atom. The summed E-state index contributed by atoms with van der Waals surface area (Å²) in [4.78, 5) is 27.8. The third-order valence-electron chi connectivity index (χ3n) is 5.36. The summed E-state index contributed by atoms with van der Waals surface area (Å²) in [6.45, 7) is 3.93. The van der Waals surface area contributed by atoms with Crippen molar-refractivity contribution in [3.8, 4) is 16.9 Å². The van der Waals surface area contributed by atoms with Gasteiger partial charge >= 0.3 is 11.9 Å². The Bertz CT molecular complexity index is 1100. The van der Waals surface area contributed by atoms with E-state index in [9.17, 15) is 9.59 Å². The normalized spacial score (nSPS) is 14.2. The Hall–Kier alpha value is -3.49. The van der Waals surface area contributed by atoms with E-state index in [0.29, 0.717) is 11.4 Å². The van der Waals surface area contributed by atoms with E-state index in [1.54, 1.807) is 12.1 Å². The van der Waals surface area contributed by atoms with Crippen molar-refractivity contribution in [2.24, 2.45) is 0 Å². The maximum atomic E-state index is 12.8. The minimum atomic E-state index is -0.669. The first-order valence-electron chi connectivity index (χ1n) is 10.4. The molecule has 0 atom stereocenters. The topological polar surface area (TPSA) is 82.9 Å². The zero-order valence-corrected chi connectivity index (χ0v) is 18.1. The summed E-state index contributed by atoms with van der Waals surface area (Å²) < 4.78 is 16.9. The third-order valence-corrected chi connectivity index (χ3v) is 5.36. The van der Waals surface area contributed by atoms with Gasteiger partial charge < -0.3 is 14.2 Å². The molecule has 2 heterocycles. The van der Waals surface area contributed by atoms with Crippen molar-refractivity contribution in [1.29, 1.82) is 0 Å². The van der Waals surface area contributed by atoms with E-state index in [1.807, 2.05) is 42.5 Å². The molecule has 1 aliphatic heterocycles. The molecule has 0 aliphatic carbocycles. The number of methoxy groups -OCH3 is 2. The van der Waals surface area contributed by atoms with Gasteiger partial charge in [-0.05, 0) is 23.8 Å². The third kappa shape index (κ3) is 4.42. The summed E-state index contributed by atoms with van der Waals surface area (Å²) in [5.74, 6) is -1.32. The average Bonchev–Trinajstić information content (AvgIpc) is 3.25. The van der Waals surface area contributed by atoms with Crippen LogP contribution in [0.3, 0.4) is 0 Å². The standard InChI is InChI=1S/C24H25N3O5/c1-30-23(28)20-21(18-8-6-7-17(15-18)16-26-11-13-32-14-12-26)25-27(22(20)24(29)31-2)19-9-4-3-5-10-19/h3-10,15H,11-14,16H2,1-2H3. The molecular formula is C24H25N3O5. The van der Waals surface area contributed by atoms with Crippen LogP contribution >= 0.6 is 0 Å². The number of nitrogens with zero attached hydrogens (tertiary/aromatic N) is 3. The molecule has 8 heteroatoms. The van der Waals surface area contributed by atoms with Crippen molar-refractivity contribution in [2.45, 2.75) is 6.54 Å². The van der Waals surface area contributed by atoms with Crippen molar-refractivity contribution < 1.29 is 23.8 Å². The van der Waals surface area contributed by atoms with Gasteiger partial charge in [-0.25, -0.2) is 14.3 Å². The number of aromatic nitrogens is 2. The summed E-state index contributed by atoms with van der Waals surface area (Å²) in [5, 5.41) is 4.66. The second kappa shape index (κ2) is 9.76. The summed E-state index contributed by atoms with van der Waals surface area (Å²) >= 11 is 0. The van der Waals surface area contributed by atoms with E-state index in [-0.39, 0.29) is 11.3 Å². The smallest absolute Gasteiger partial charge is 0.357 e. The van der Waals surface area contributed by atoms with Crippen molar-refractivity contribution in [1.82, 2.24) is 14.7 Å². The first kappa shape index (κ1) is 21.7. The number of carbonyl (C=O) groups is 2. The minimum absolute atomic E-state index is 0.0270. The fraction of sp³-hybridized carbons (Fsp3) is 0.292. The Labute approximate surface area is 186 Å². The molecule has 1 aliphatic rings. The lowest BCUT2D eigenvalue weighted by molar-refractivity contribution is 0.0342. The van der Waals surface area contributed by atoms with Crippen LogP contribution in [-0.4, -0.2) is 67.1 Å². The highest BCUT2D eigenvalue weighted by molar-refractivity contribution is 6.06. The van der Waals surface area contributed by atoms with Gasteiger partial charge in [-0.3, -0.25) is 4.90 Å². The van der Waals surface area contributed by atoms with Gasteiger partial charge in [0.25, 0.3) is 0 Å². The molecule has 32 heavy (non-hydrogen) atoms. The SMILES string of the molecule is COC(=O)c1c(-c2cccc(CN3CCOCC3)c2)nn(-c2ccccc2)c1C(=O)OC. The van der Waals surface area contributed by atoms with Gasteiger partial charge in [0, 0.05) is 25.2 Å². The first-order valence-corrected chi connectivity index (χ1v) is 10.4. The Balaban J connectivity index is 1.83. The van der Waals surface area contributed by atoms with Crippen LogP contribution in [0.5, 0.6) is 0 Å². The lowest BCUT2D eigenvalue weighted by Crippen LogP contribution is -2.35. The van der Waals surface area contributed by atoms with Gasteiger partial charge in [0.15, 0.2) is 5.69 Å². The van der Waals surface area contributed by atoms with Gasteiger partial charge in [-0.15, -0.1) is 0 Å². The zero-order chi connectivity index (χ0) is 22.5. The molecule has 0 saturated carbocycles. The highest BCUT2D eigenvalue weighted by atomic mass is 16.5. The van der Waals surface area contributed by atoms with Gasteiger partial charge in [0.05, 0.1) is 33.1 Å². The number of benzene rings is 2. The molecule has 1 aromatic heterocycles. The summed E-state index contributed by atoms with van der Waals surface area (Å²) in [7, 11) is 2.55. The van der Waals surface area contributed by atoms with E-state index in [1.165, 1.54) is 18.9 Å². The second-order valence-corrected chi connectivity index (χ2v) is 7.39. The molecule has 0 N–H and O–H groups in total. The lowest BCUT2D eigenvalue weighted by atomic mass is 10.0. The fourth-order valence-electron chi connectivity index (χ4n) is 3.79. The van der Waals surface area contributed by atoms with Crippen molar-refractivity contribution >= 4 is 11.9 Å². The highest BCUT2D eigenvalue weighted by Crippen LogP contribution is 2.30. The van der Waals surface area contributed by atoms with Crippen LogP contribution in [0.25, 0.3) is 16.9 Å². The molecule has 2 aromatic carbocycles. The number of hydrogen-bond donors (Lipinski definition) is 0. The maximum absolute atomic E-state index is 12.8. The van der Waals surface area contributed by atoms with Crippen LogP contribution in [-0.2, 0) is 20.8 Å². The van der Waals surface area contributed by atoms with Gasteiger partial charge in [-0.1, -0.05) is 36.4 Å². The largest absolute Gasteiger partial charge is 0.465 e. The van der Waals surface area contributed by atoms with E-state index >= 15 is 0 Å². The molecule has 0 bridgehead atoms. The van der Waals surface area contributed by atoms with E-state index < -0.39 is 11.9 Å². The molecule has 0 amide bonds. The van der Waals surface area contributed by atoms with Crippen LogP contribution in [0, 0.1) is 0 Å². The number of ether oxygens (including phenoxy) is 3. The number of esters is 2. The lowest BCUT2D eigenvalue weighted by Gasteiger charge is -2.26. The number of morpholine rings is 1. The fourth-order valence-corrected chi connectivity index (χ4v) is 3.79. The van der Waals surface area contributed by atoms with Gasteiger partial charge in [-0.2, -0.15) is 5.10 Å². The Morgan fingerprint density at radius 2 is 1.69 bits per heavy atom. The van der Waals surface area contributed by atoms with Gasteiger partial charge in [0.1, 0.15) is 11.3 Å². The molecule has 166 valence electrons. The molecular weight excluding hydrogens is 410 g/mol. The molecule has 0 spiro atoms. The maximum Gasteiger partial charge on any atom is 0.357 e.